The van der Waals surface area contributed by atoms with Crippen molar-refractivity contribution in [1.82, 2.24) is 0 Å². The summed E-state index contributed by atoms with van der Waals surface area (Å²) in [6.07, 6.45) is 0.422. The smallest absolute Gasteiger partial charge is 0.264 e. The molecule has 1 atom stereocenters. The summed E-state index contributed by atoms with van der Waals surface area (Å²) in [6, 6.07) is 13.0. The summed E-state index contributed by atoms with van der Waals surface area (Å²) in [5, 5.41) is 0.505. The second-order valence-electron chi connectivity index (χ2n) is 4.85. The van der Waals surface area contributed by atoms with Crippen molar-refractivity contribution >= 4 is 21.7 Å². The number of ether oxygens (including phenoxy) is 1. The fourth-order valence-corrected chi connectivity index (χ4v) is 2.65. The number of benzene rings is 2. The van der Waals surface area contributed by atoms with Gasteiger partial charge < -0.3 is 4.74 Å². The van der Waals surface area contributed by atoms with Gasteiger partial charge in [-0.05, 0) is 23.8 Å². The minimum Gasteiger partial charge on any atom is -0.366 e. The lowest BCUT2D eigenvalue weighted by molar-refractivity contribution is 0.0577. The van der Waals surface area contributed by atoms with Gasteiger partial charge in [0.25, 0.3) is 10.1 Å². The average molecular weight is 359 g/mol. The quantitative estimate of drug-likeness (QED) is 0.561. The third-order valence-corrected chi connectivity index (χ3v) is 3.96. The van der Waals surface area contributed by atoms with Crippen LogP contribution in [0.25, 0.3) is 0 Å². The van der Waals surface area contributed by atoms with Crippen LogP contribution in [0.3, 0.4) is 0 Å². The van der Waals surface area contributed by atoms with Gasteiger partial charge in [0.05, 0.1) is 19.5 Å². The molecule has 4 nitrogen and oxygen atoms in total. The van der Waals surface area contributed by atoms with Crippen molar-refractivity contribution in [3.63, 3.8) is 0 Å². The Bertz CT molecular complexity index is 747. The third kappa shape index (κ3) is 5.58. The predicted octanol–water partition coefficient (Wildman–Crippen LogP) is 3.56. The summed E-state index contributed by atoms with van der Waals surface area (Å²) in [5.74, 6) is -0.355. The predicted molar refractivity (Wildman–Crippen MR) is 86.4 cm³/mol. The maximum absolute atomic E-state index is 13.1. The summed E-state index contributed by atoms with van der Waals surface area (Å²) in [4.78, 5) is 0. The van der Waals surface area contributed by atoms with Gasteiger partial charge in [0.15, 0.2) is 0 Å². The van der Waals surface area contributed by atoms with Gasteiger partial charge in [-0.1, -0.05) is 41.9 Å². The molecule has 0 amide bonds. The molecule has 0 N–H and O–H groups in total. The minimum atomic E-state index is -3.52. The van der Waals surface area contributed by atoms with E-state index >= 15 is 0 Å². The van der Waals surface area contributed by atoms with E-state index in [-0.39, 0.29) is 19.0 Å². The van der Waals surface area contributed by atoms with E-state index in [1.54, 1.807) is 30.3 Å². The van der Waals surface area contributed by atoms with Crippen molar-refractivity contribution < 1.29 is 21.7 Å². The lowest BCUT2D eigenvalue weighted by atomic mass is 10.0. The van der Waals surface area contributed by atoms with Gasteiger partial charge in [-0.15, -0.1) is 0 Å². The standard InChI is InChI=1S/C16H16ClFO4S/c1-23(19,20)22-11-10-21-16(12-6-8-13(18)9-7-12)14-4-2-3-5-15(14)17/h2-9,16H,10-11H2,1H3. The summed E-state index contributed by atoms with van der Waals surface area (Å²) in [6.45, 7) is -0.0681. The zero-order chi connectivity index (χ0) is 16.9. The molecule has 0 saturated carbocycles. The molecule has 0 saturated heterocycles. The van der Waals surface area contributed by atoms with E-state index in [0.717, 1.165) is 6.26 Å². The Morgan fingerprint density at radius 2 is 1.74 bits per heavy atom. The topological polar surface area (TPSA) is 52.6 Å². The molecule has 0 aromatic heterocycles. The molecular formula is C16H16ClFO4S. The first kappa shape index (κ1) is 17.9. The highest BCUT2D eigenvalue weighted by atomic mass is 35.5. The van der Waals surface area contributed by atoms with Crippen molar-refractivity contribution in [2.75, 3.05) is 19.5 Å². The number of rotatable bonds is 7. The Hall–Kier alpha value is -1.47. The van der Waals surface area contributed by atoms with E-state index in [1.807, 2.05) is 6.07 Å². The van der Waals surface area contributed by atoms with Crippen LogP contribution in [0.5, 0.6) is 0 Å². The van der Waals surface area contributed by atoms with Crippen LogP contribution in [-0.2, 0) is 19.0 Å². The Kier molecular flexibility index (Phi) is 6.12. The lowest BCUT2D eigenvalue weighted by Gasteiger charge is -2.20. The minimum absolute atomic E-state index is 0.0420. The maximum atomic E-state index is 13.1. The van der Waals surface area contributed by atoms with Gasteiger partial charge in [-0.25, -0.2) is 4.39 Å². The summed E-state index contributed by atoms with van der Waals surface area (Å²) >= 11 is 6.20. The molecule has 2 aromatic rings. The van der Waals surface area contributed by atoms with Gasteiger partial charge in [-0.2, -0.15) is 8.42 Å². The zero-order valence-corrected chi connectivity index (χ0v) is 14.0. The lowest BCUT2D eigenvalue weighted by Crippen LogP contribution is -2.14. The normalized spacial score (nSPS) is 13.0. The van der Waals surface area contributed by atoms with Crippen molar-refractivity contribution in [2.45, 2.75) is 6.10 Å². The van der Waals surface area contributed by atoms with Gasteiger partial charge >= 0.3 is 0 Å². The van der Waals surface area contributed by atoms with Gasteiger partial charge in [0.1, 0.15) is 11.9 Å². The van der Waals surface area contributed by atoms with Gasteiger partial charge in [0.2, 0.25) is 0 Å². The van der Waals surface area contributed by atoms with E-state index in [9.17, 15) is 12.8 Å². The molecule has 1 unspecified atom stereocenters. The fraction of sp³-hybridized carbons (Fsp3) is 0.250. The third-order valence-electron chi connectivity index (χ3n) is 3.03. The van der Waals surface area contributed by atoms with E-state index in [0.29, 0.717) is 16.1 Å². The van der Waals surface area contributed by atoms with Crippen LogP contribution in [0, 0.1) is 5.82 Å². The van der Waals surface area contributed by atoms with Crippen molar-refractivity contribution in [3.8, 4) is 0 Å². The summed E-state index contributed by atoms with van der Waals surface area (Å²) in [5.41, 5.74) is 1.42. The molecule has 0 aliphatic carbocycles. The van der Waals surface area contributed by atoms with Crippen LogP contribution in [0.15, 0.2) is 48.5 Å². The molecule has 0 radical (unpaired) electrons. The van der Waals surface area contributed by atoms with Crippen LogP contribution in [0.4, 0.5) is 4.39 Å². The van der Waals surface area contributed by atoms with E-state index < -0.39 is 16.2 Å². The first-order valence-corrected chi connectivity index (χ1v) is 9.02. The molecule has 0 fully saturated rings. The fourth-order valence-electron chi connectivity index (χ4n) is 2.04. The van der Waals surface area contributed by atoms with Crippen LogP contribution in [-0.4, -0.2) is 27.9 Å². The number of hydrogen-bond acceptors (Lipinski definition) is 4. The first-order valence-electron chi connectivity index (χ1n) is 6.83. The molecule has 0 bridgehead atoms. The Morgan fingerprint density at radius 1 is 1.09 bits per heavy atom. The molecule has 0 aliphatic rings. The highest BCUT2D eigenvalue weighted by Gasteiger charge is 2.18. The molecule has 0 heterocycles. The van der Waals surface area contributed by atoms with Crippen LogP contribution in [0.2, 0.25) is 5.02 Å². The van der Waals surface area contributed by atoms with E-state index in [1.165, 1.54) is 12.1 Å². The SMILES string of the molecule is CS(=O)(=O)OCCOC(c1ccc(F)cc1)c1ccccc1Cl. The zero-order valence-electron chi connectivity index (χ0n) is 12.4. The molecule has 0 spiro atoms. The molecule has 0 aliphatic heterocycles. The van der Waals surface area contributed by atoms with Crippen molar-refractivity contribution in [1.29, 1.82) is 0 Å². The van der Waals surface area contributed by atoms with Crippen LogP contribution < -0.4 is 0 Å². The second kappa shape index (κ2) is 7.88. The van der Waals surface area contributed by atoms with Crippen LogP contribution in [0.1, 0.15) is 17.2 Å². The monoisotopic (exact) mass is 358 g/mol. The molecule has 2 aromatic carbocycles. The van der Waals surface area contributed by atoms with Crippen molar-refractivity contribution in [3.05, 3.63) is 70.5 Å². The first-order chi connectivity index (χ1) is 10.9. The molecule has 23 heavy (non-hydrogen) atoms. The Balaban J connectivity index is 2.18. The highest BCUT2D eigenvalue weighted by Crippen LogP contribution is 2.31. The second-order valence-corrected chi connectivity index (χ2v) is 6.90. The van der Waals surface area contributed by atoms with Crippen LogP contribution >= 0.6 is 11.6 Å². The highest BCUT2D eigenvalue weighted by molar-refractivity contribution is 7.85. The molecule has 124 valence electrons. The van der Waals surface area contributed by atoms with E-state index in [2.05, 4.69) is 4.18 Å². The Labute approximate surface area is 139 Å². The Morgan fingerprint density at radius 3 is 2.35 bits per heavy atom. The van der Waals surface area contributed by atoms with Gasteiger partial charge in [-0.3, -0.25) is 4.18 Å². The average Bonchev–Trinajstić information content (AvgIpc) is 2.49. The van der Waals surface area contributed by atoms with Crippen molar-refractivity contribution in [2.24, 2.45) is 0 Å². The largest absolute Gasteiger partial charge is 0.366 e. The molecular weight excluding hydrogens is 343 g/mol. The summed E-state index contributed by atoms with van der Waals surface area (Å²) in [7, 11) is -3.52. The maximum Gasteiger partial charge on any atom is 0.264 e. The van der Waals surface area contributed by atoms with Gasteiger partial charge in [0, 0.05) is 10.6 Å². The number of halogens is 2. The summed E-state index contributed by atoms with van der Waals surface area (Å²) < 4.78 is 45.4. The molecule has 7 heteroatoms. The number of hydrogen-bond donors (Lipinski definition) is 0. The molecule has 2 rings (SSSR count). The van der Waals surface area contributed by atoms with E-state index in [4.69, 9.17) is 16.3 Å².